The zero-order chi connectivity index (χ0) is 18.7. The number of carboxylic acids is 1. The molecule has 2 rings (SSSR count). The van der Waals surface area contributed by atoms with Crippen LogP contribution in [0, 0.1) is 6.92 Å². The standard InChI is InChI=1S/C16H19BrN4O4/c1-3-10-13(21-7-8(2)6-9(17)14(21)19-10)15(23)20-11(16(24)25)4-5-12(18)22/h6-7,11H,3-5H2,1-2H3,(H2,18,22)(H,20,23)(H,24,25). The Hall–Kier alpha value is -2.42. The van der Waals surface area contributed by atoms with Crippen molar-refractivity contribution >= 4 is 39.4 Å². The Morgan fingerprint density at radius 3 is 2.68 bits per heavy atom. The van der Waals surface area contributed by atoms with Gasteiger partial charge in [-0.1, -0.05) is 6.92 Å². The van der Waals surface area contributed by atoms with E-state index in [1.54, 1.807) is 10.6 Å². The molecule has 9 heteroatoms. The summed E-state index contributed by atoms with van der Waals surface area (Å²) < 4.78 is 2.38. The number of aliphatic carboxylic acids is 1. The summed E-state index contributed by atoms with van der Waals surface area (Å²) in [5, 5.41) is 11.7. The second kappa shape index (κ2) is 7.64. The van der Waals surface area contributed by atoms with Crippen molar-refractivity contribution in [1.82, 2.24) is 14.7 Å². The Bertz CT molecular complexity index is 846. The number of halogens is 1. The van der Waals surface area contributed by atoms with Crippen LogP contribution in [0.25, 0.3) is 5.65 Å². The molecule has 0 aliphatic carbocycles. The van der Waals surface area contributed by atoms with E-state index in [1.807, 2.05) is 19.9 Å². The van der Waals surface area contributed by atoms with Crippen molar-refractivity contribution in [1.29, 1.82) is 0 Å². The number of nitrogens with two attached hydrogens (primary N) is 1. The number of imidazole rings is 1. The van der Waals surface area contributed by atoms with Crippen LogP contribution in [0.3, 0.4) is 0 Å². The number of nitrogens with zero attached hydrogens (tertiary/aromatic N) is 2. The number of fused-ring (bicyclic) bond motifs is 1. The summed E-state index contributed by atoms with van der Waals surface area (Å²) in [4.78, 5) is 39.4. The van der Waals surface area contributed by atoms with E-state index in [0.29, 0.717) is 17.8 Å². The topological polar surface area (TPSA) is 127 Å². The average Bonchev–Trinajstić information content (AvgIpc) is 2.89. The number of amides is 2. The third-order valence-electron chi connectivity index (χ3n) is 3.72. The minimum absolute atomic E-state index is 0.0721. The lowest BCUT2D eigenvalue weighted by molar-refractivity contribution is -0.139. The lowest BCUT2D eigenvalue weighted by Gasteiger charge is -2.14. The van der Waals surface area contributed by atoms with Gasteiger partial charge in [0, 0.05) is 12.6 Å². The highest BCUT2D eigenvalue weighted by Crippen LogP contribution is 2.23. The van der Waals surface area contributed by atoms with Gasteiger partial charge in [0.05, 0.1) is 10.2 Å². The van der Waals surface area contributed by atoms with Gasteiger partial charge in [-0.15, -0.1) is 0 Å². The van der Waals surface area contributed by atoms with E-state index in [4.69, 9.17) is 5.73 Å². The van der Waals surface area contributed by atoms with Crippen LogP contribution in [0.4, 0.5) is 0 Å². The fourth-order valence-corrected chi connectivity index (χ4v) is 3.18. The first-order valence-corrected chi connectivity index (χ1v) is 8.53. The Labute approximate surface area is 152 Å². The molecule has 8 nitrogen and oxygen atoms in total. The number of hydrogen-bond donors (Lipinski definition) is 3. The Balaban J connectivity index is 2.40. The number of pyridine rings is 1. The smallest absolute Gasteiger partial charge is 0.326 e. The number of aromatic nitrogens is 2. The molecule has 0 aromatic carbocycles. The van der Waals surface area contributed by atoms with Gasteiger partial charge in [-0.2, -0.15) is 0 Å². The first kappa shape index (κ1) is 18.9. The largest absolute Gasteiger partial charge is 0.480 e. The fraction of sp³-hybridized carbons (Fsp3) is 0.375. The summed E-state index contributed by atoms with van der Waals surface area (Å²) in [5.41, 5.74) is 7.39. The number of carboxylic acid groups (broad SMARTS) is 1. The van der Waals surface area contributed by atoms with Crippen molar-refractivity contribution in [3.05, 3.63) is 33.7 Å². The molecule has 0 spiro atoms. The number of aryl methyl sites for hydroxylation is 2. The van der Waals surface area contributed by atoms with Crippen LogP contribution in [0.1, 0.15) is 41.5 Å². The highest BCUT2D eigenvalue weighted by atomic mass is 79.9. The number of rotatable bonds is 7. The van der Waals surface area contributed by atoms with Crippen LogP contribution in [0.15, 0.2) is 16.7 Å². The minimum atomic E-state index is -1.22. The molecule has 1 atom stereocenters. The maximum atomic E-state index is 12.7. The number of carbonyl (C=O) groups excluding carboxylic acids is 2. The van der Waals surface area contributed by atoms with Gasteiger partial charge in [-0.05, 0) is 47.3 Å². The molecule has 2 amide bonds. The van der Waals surface area contributed by atoms with E-state index in [-0.39, 0.29) is 18.5 Å². The molecule has 134 valence electrons. The predicted octanol–water partition coefficient (Wildman–Crippen LogP) is 1.42. The number of primary amides is 1. The van der Waals surface area contributed by atoms with Crippen LogP contribution in [0.2, 0.25) is 0 Å². The summed E-state index contributed by atoms with van der Waals surface area (Å²) in [5.74, 6) is -2.40. The van der Waals surface area contributed by atoms with Gasteiger partial charge >= 0.3 is 5.97 Å². The molecule has 0 aliphatic rings. The van der Waals surface area contributed by atoms with Crippen molar-refractivity contribution in [2.75, 3.05) is 0 Å². The zero-order valence-electron chi connectivity index (χ0n) is 13.9. The summed E-state index contributed by atoms with van der Waals surface area (Å²) >= 11 is 3.43. The van der Waals surface area contributed by atoms with E-state index < -0.39 is 23.8 Å². The molecule has 2 aromatic heterocycles. The maximum Gasteiger partial charge on any atom is 0.326 e. The first-order chi connectivity index (χ1) is 11.7. The van der Waals surface area contributed by atoms with E-state index in [2.05, 4.69) is 26.2 Å². The maximum absolute atomic E-state index is 12.7. The van der Waals surface area contributed by atoms with Crippen LogP contribution in [-0.2, 0) is 16.0 Å². The quantitative estimate of drug-likeness (QED) is 0.635. The average molecular weight is 411 g/mol. The van der Waals surface area contributed by atoms with Crippen molar-refractivity contribution in [2.24, 2.45) is 5.73 Å². The van der Waals surface area contributed by atoms with Gasteiger partial charge in [0.25, 0.3) is 5.91 Å². The molecule has 1 unspecified atom stereocenters. The Morgan fingerprint density at radius 2 is 2.12 bits per heavy atom. The van der Waals surface area contributed by atoms with Crippen LogP contribution in [-0.4, -0.2) is 38.3 Å². The Morgan fingerprint density at radius 1 is 1.44 bits per heavy atom. The molecule has 0 fully saturated rings. The van der Waals surface area contributed by atoms with Crippen LogP contribution < -0.4 is 11.1 Å². The van der Waals surface area contributed by atoms with Crippen molar-refractivity contribution in [3.63, 3.8) is 0 Å². The van der Waals surface area contributed by atoms with Gasteiger partial charge in [0.1, 0.15) is 11.7 Å². The first-order valence-electron chi connectivity index (χ1n) is 7.73. The molecule has 2 aromatic rings. The normalized spacial score (nSPS) is 12.1. The monoisotopic (exact) mass is 410 g/mol. The van der Waals surface area contributed by atoms with Gasteiger partial charge in [-0.3, -0.25) is 14.0 Å². The summed E-state index contributed by atoms with van der Waals surface area (Å²) in [6, 6.07) is 0.680. The zero-order valence-corrected chi connectivity index (χ0v) is 15.5. The third-order valence-corrected chi connectivity index (χ3v) is 4.30. The lowest BCUT2D eigenvalue weighted by Crippen LogP contribution is -2.42. The molecule has 0 saturated heterocycles. The fourth-order valence-electron chi connectivity index (χ4n) is 2.54. The highest BCUT2D eigenvalue weighted by Gasteiger charge is 2.25. The van der Waals surface area contributed by atoms with Gasteiger partial charge < -0.3 is 16.2 Å². The Kier molecular flexibility index (Phi) is 5.78. The molecule has 0 radical (unpaired) electrons. The SMILES string of the molecule is CCc1nc2c(Br)cc(C)cn2c1C(=O)NC(CCC(N)=O)C(=O)O. The molecular formula is C16H19BrN4O4. The molecular weight excluding hydrogens is 392 g/mol. The van der Waals surface area contributed by atoms with E-state index in [1.165, 1.54) is 0 Å². The highest BCUT2D eigenvalue weighted by molar-refractivity contribution is 9.10. The minimum Gasteiger partial charge on any atom is -0.480 e. The second-order valence-corrected chi connectivity index (χ2v) is 6.54. The molecule has 0 bridgehead atoms. The lowest BCUT2D eigenvalue weighted by atomic mass is 10.1. The van der Waals surface area contributed by atoms with Crippen LogP contribution in [0.5, 0.6) is 0 Å². The van der Waals surface area contributed by atoms with Gasteiger partial charge in [0.15, 0.2) is 5.65 Å². The summed E-state index contributed by atoms with van der Waals surface area (Å²) in [6.07, 6.45) is 2.07. The summed E-state index contributed by atoms with van der Waals surface area (Å²) in [7, 11) is 0. The number of hydrogen-bond acceptors (Lipinski definition) is 4. The van der Waals surface area contributed by atoms with Gasteiger partial charge in [0.2, 0.25) is 5.91 Å². The molecule has 0 aliphatic heterocycles. The van der Waals surface area contributed by atoms with Crippen molar-refractivity contribution < 1.29 is 19.5 Å². The molecule has 4 N–H and O–H groups in total. The van der Waals surface area contributed by atoms with Crippen molar-refractivity contribution in [3.8, 4) is 0 Å². The molecule has 0 saturated carbocycles. The van der Waals surface area contributed by atoms with E-state index in [0.717, 1.165) is 10.0 Å². The van der Waals surface area contributed by atoms with Crippen molar-refractivity contribution in [2.45, 2.75) is 39.2 Å². The van der Waals surface area contributed by atoms with Gasteiger partial charge in [-0.25, -0.2) is 9.78 Å². The number of nitrogens with one attached hydrogen (secondary N) is 1. The van der Waals surface area contributed by atoms with E-state index in [9.17, 15) is 19.5 Å². The predicted molar refractivity (Wildman–Crippen MR) is 94.3 cm³/mol. The second-order valence-electron chi connectivity index (χ2n) is 5.69. The van der Waals surface area contributed by atoms with E-state index >= 15 is 0 Å². The third kappa shape index (κ3) is 4.16. The van der Waals surface area contributed by atoms with Crippen LogP contribution >= 0.6 is 15.9 Å². The number of carbonyl (C=O) groups is 3. The molecule has 25 heavy (non-hydrogen) atoms. The molecule has 2 heterocycles. The summed E-state index contributed by atoms with van der Waals surface area (Å²) in [6.45, 7) is 3.74.